The highest BCUT2D eigenvalue weighted by Gasteiger charge is 2.21. The molecule has 3 heteroatoms. The van der Waals surface area contributed by atoms with Crippen molar-refractivity contribution in [1.29, 1.82) is 0 Å². The van der Waals surface area contributed by atoms with E-state index in [1.807, 2.05) is 6.07 Å². The van der Waals surface area contributed by atoms with Gasteiger partial charge in [0.25, 0.3) is 0 Å². The minimum atomic E-state index is -0.174. The van der Waals surface area contributed by atoms with Gasteiger partial charge in [-0.3, -0.25) is 0 Å². The number of anilines is 1. The zero-order valence-electron chi connectivity index (χ0n) is 9.47. The first kappa shape index (κ1) is 11.9. The Kier molecular flexibility index (Phi) is 3.85. The Labute approximate surface area is 105 Å². The summed E-state index contributed by atoms with van der Waals surface area (Å²) < 4.78 is 14.4. The number of rotatable bonds is 2. The van der Waals surface area contributed by atoms with Gasteiger partial charge in [0.05, 0.1) is 5.69 Å². The lowest BCUT2D eigenvalue weighted by molar-refractivity contribution is 0.348. The molecule has 1 nitrogen and oxygen atoms in total. The Hall–Kier alpha value is -0.570. The van der Waals surface area contributed by atoms with E-state index in [1.54, 1.807) is 6.07 Å². The Morgan fingerprint density at radius 1 is 1.31 bits per heavy atom. The van der Waals surface area contributed by atoms with Crippen molar-refractivity contribution < 1.29 is 4.39 Å². The molecule has 1 aliphatic rings. The van der Waals surface area contributed by atoms with Crippen LogP contribution in [0.2, 0.25) is 0 Å². The molecule has 2 unspecified atom stereocenters. The average Bonchev–Trinajstić information content (AvgIpc) is 2.25. The van der Waals surface area contributed by atoms with Gasteiger partial charge in [0, 0.05) is 10.5 Å². The van der Waals surface area contributed by atoms with Gasteiger partial charge in [-0.15, -0.1) is 0 Å². The van der Waals surface area contributed by atoms with Gasteiger partial charge in [-0.25, -0.2) is 4.39 Å². The average molecular weight is 286 g/mol. The first-order valence-electron chi connectivity index (χ1n) is 5.88. The van der Waals surface area contributed by atoms with Crippen molar-refractivity contribution >= 4 is 21.6 Å². The van der Waals surface area contributed by atoms with Crippen LogP contribution in [-0.4, -0.2) is 6.04 Å². The molecule has 0 saturated heterocycles. The van der Waals surface area contributed by atoms with Gasteiger partial charge in [-0.2, -0.15) is 0 Å². The second-order valence-electron chi connectivity index (χ2n) is 4.64. The van der Waals surface area contributed by atoms with Gasteiger partial charge in [-0.05, 0) is 37.0 Å². The summed E-state index contributed by atoms with van der Waals surface area (Å²) in [6, 6.07) is 5.61. The van der Waals surface area contributed by atoms with E-state index in [1.165, 1.54) is 25.3 Å². The second kappa shape index (κ2) is 5.17. The molecule has 1 saturated carbocycles. The van der Waals surface area contributed by atoms with Crippen molar-refractivity contribution in [1.82, 2.24) is 0 Å². The van der Waals surface area contributed by atoms with Gasteiger partial charge in [0.2, 0.25) is 0 Å². The highest BCUT2D eigenvalue weighted by Crippen LogP contribution is 2.28. The van der Waals surface area contributed by atoms with Crippen molar-refractivity contribution in [3.8, 4) is 0 Å². The van der Waals surface area contributed by atoms with Gasteiger partial charge in [0.15, 0.2) is 0 Å². The summed E-state index contributed by atoms with van der Waals surface area (Å²) in [4.78, 5) is 0. The molecule has 1 aromatic carbocycles. The minimum Gasteiger partial charge on any atom is -0.380 e. The molecule has 0 bridgehead atoms. The normalized spacial score (nSPS) is 25.4. The lowest BCUT2D eigenvalue weighted by atomic mass is 9.86. The fourth-order valence-electron chi connectivity index (χ4n) is 2.34. The third kappa shape index (κ3) is 2.76. The van der Waals surface area contributed by atoms with Gasteiger partial charge >= 0.3 is 0 Å². The number of benzene rings is 1. The lowest BCUT2D eigenvalue weighted by Gasteiger charge is -2.30. The van der Waals surface area contributed by atoms with E-state index in [0.29, 0.717) is 17.6 Å². The third-order valence-corrected chi connectivity index (χ3v) is 3.88. The zero-order valence-corrected chi connectivity index (χ0v) is 11.1. The third-order valence-electron chi connectivity index (χ3n) is 3.38. The van der Waals surface area contributed by atoms with Crippen molar-refractivity contribution in [2.24, 2.45) is 5.92 Å². The summed E-state index contributed by atoms with van der Waals surface area (Å²) in [6.07, 6.45) is 4.95. The quantitative estimate of drug-likeness (QED) is 0.839. The molecule has 1 N–H and O–H groups in total. The largest absolute Gasteiger partial charge is 0.380 e. The van der Waals surface area contributed by atoms with Crippen LogP contribution in [0.1, 0.15) is 32.6 Å². The van der Waals surface area contributed by atoms with Gasteiger partial charge < -0.3 is 5.32 Å². The van der Waals surface area contributed by atoms with Crippen LogP contribution in [0.5, 0.6) is 0 Å². The van der Waals surface area contributed by atoms with Gasteiger partial charge in [0.1, 0.15) is 5.82 Å². The molecule has 88 valence electrons. The first-order chi connectivity index (χ1) is 7.66. The van der Waals surface area contributed by atoms with Crippen LogP contribution in [0.3, 0.4) is 0 Å². The summed E-state index contributed by atoms with van der Waals surface area (Å²) in [7, 11) is 0. The molecular weight excluding hydrogens is 269 g/mol. The highest BCUT2D eigenvalue weighted by molar-refractivity contribution is 9.10. The van der Waals surface area contributed by atoms with E-state index >= 15 is 0 Å². The maximum absolute atomic E-state index is 13.6. The molecule has 16 heavy (non-hydrogen) atoms. The van der Waals surface area contributed by atoms with E-state index in [-0.39, 0.29) is 5.82 Å². The van der Waals surface area contributed by atoms with Crippen LogP contribution >= 0.6 is 15.9 Å². The summed E-state index contributed by atoms with van der Waals surface area (Å²) >= 11 is 3.27. The molecule has 1 aliphatic carbocycles. The van der Waals surface area contributed by atoms with Crippen LogP contribution in [0.4, 0.5) is 10.1 Å². The molecule has 0 spiro atoms. The minimum absolute atomic E-state index is 0.174. The Morgan fingerprint density at radius 2 is 2.06 bits per heavy atom. The van der Waals surface area contributed by atoms with E-state index in [9.17, 15) is 4.39 Å². The smallest absolute Gasteiger partial charge is 0.147 e. The zero-order chi connectivity index (χ0) is 11.5. The molecule has 2 atom stereocenters. The number of hydrogen-bond acceptors (Lipinski definition) is 1. The van der Waals surface area contributed by atoms with Crippen LogP contribution in [-0.2, 0) is 0 Å². The SMILES string of the molecule is CC1CCCCC1Nc1ccc(Br)cc1F. The van der Waals surface area contributed by atoms with E-state index in [4.69, 9.17) is 0 Å². The predicted molar refractivity (Wildman–Crippen MR) is 69.1 cm³/mol. The number of halogens is 2. The van der Waals surface area contributed by atoms with Crippen molar-refractivity contribution in [3.05, 3.63) is 28.5 Å². The van der Waals surface area contributed by atoms with Crippen molar-refractivity contribution in [3.63, 3.8) is 0 Å². The Balaban J connectivity index is 2.07. The summed E-state index contributed by atoms with van der Waals surface area (Å²) in [6.45, 7) is 2.24. The lowest BCUT2D eigenvalue weighted by Crippen LogP contribution is -2.30. The van der Waals surface area contributed by atoms with Crippen LogP contribution in [0, 0.1) is 11.7 Å². The van der Waals surface area contributed by atoms with E-state index < -0.39 is 0 Å². The molecule has 0 aromatic heterocycles. The predicted octanol–water partition coefficient (Wildman–Crippen LogP) is 4.58. The Bertz CT molecular complexity index is 367. The summed E-state index contributed by atoms with van der Waals surface area (Å²) in [5.41, 5.74) is 0.627. The molecule has 2 rings (SSSR count). The summed E-state index contributed by atoms with van der Waals surface area (Å²) in [5, 5.41) is 3.33. The molecule has 0 aliphatic heterocycles. The van der Waals surface area contributed by atoms with E-state index in [0.717, 1.165) is 10.9 Å². The van der Waals surface area contributed by atoms with Crippen LogP contribution < -0.4 is 5.32 Å². The molecule has 1 aromatic rings. The number of nitrogens with one attached hydrogen (secondary N) is 1. The molecule has 0 heterocycles. The Morgan fingerprint density at radius 3 is 2.75 bits per heavy atom. The first-order valence-corrected chi connectivity index (χ1v) is 6.67. The maximum atomic E-state index is 13.6. The highest BCUT2D eigenvalue weighted by atomic mass is 79.9. The van der Waals surface area contributed by atoms with Crippen molar-refractivity contribution in [2.45, 2.75) is 38.6 Å². The topological polar surface area (TPSA) is 12.0 Å². The van der Waals surface area contributed by atoms with Crippen LogP contribution in [0.25, 0.3) is 0 Å². The van der Waals surface area contributed by atoms with Crippen molar-refractivity contribution in [2.75, 3.05) is 5.32 Å². The standard InChI is InChI=1S/C13H17BrFN/c1-9-4-2-3-5-12(9)16-13-7-6-10(14)8-11(13)15/h6-9,12,16H,2-5H2,1H3. The molecule has 0 amide bonds. The van der Waals surface area contributed by atoms with E-state index in [2.05, 4.69) is 28.2 Å². The van der Waals surface area contributed by atoms with Crippen LogP contribution in [0.15, 0.2) is 22.7 Å². The maximum Gasteiger partial charge on any atom is 0.147 e. The molecule has 0 radical (unpaired) electrons. The number of hydrogen-bond donors (Lipinski definition) is 1. The van der Waals surface area contributed by atoms with Gasteiger partial charge in [-0.1, -0.05) is 35.7 Å². The molecular formula is C13H17BrFN. The summed E-state index contributed by atoms with van der Waals surface area (Å²) in [5.74, 6) is 0.462. The monoisotopic (exact) mass is 285 g/mol. The molecule has 1 fully saturated rings. The fraction of sp³-hybridized carbons (Fsp3) is 0.538. The second-order valence-corrected chi connectivity index (χ2v) is 5.55. The fourth-order valence-corrected chi connectivity index (χ4v) is 2.67.